The van der Waals surface area contributed by atoms with E-state index in [1.165, 1.54) is 6.08 Å². The molecular formula is C18H15ClN6O. The Morgan fingerprint density at radius 1 is 1.35 bits per heavy atom. The molecule has 0 spiro atoms. The number of amides is 1. The number of carbonyl (C=O) groups is 1. The maximum Gasteiger partial charge on any atom is 0.248 e. The van der Waals surface area contributed by atoms with Gasteiger partial charge in [-0.15, -0.1) is 0 Å². The summed E-state index contributed by atoms with van der Waals surface area (Å²) in [4.78, 5) is 20.9. The van der Waals surface area contributed by atoms with Gasteiger partial charge in [0.05, 0.1) is 23.3 Å². The number of halogens is 1. The number of aryl methyl sites for hydroxylation is 2. The fraction of sp³-hybridized carbons (Fsp3) is 0.111. The van der Waals surface area contributed by atoms with Crippen molar-refractivity contribution in [1.29, 1.82) is 0 Å². The van der Waals surface area contributed by atoms with Crippen LogP contribution in [0, 0.1) is 6.92 Å². The number of nitrogens with one attached hydrogen (secondary N) is 1. The second-order valence-corrected chi connectivity index (χ2v) is 6.20. The SMILES string of the molecule is Cc1nn(C)c2ncc(NC(=O)/C=C/c3c(Cl)nc4ccccn34)cc12. The minimum atomic E-state index is -0.283. The third kappa shape index (κ3) is 2.82. The number of aromatic nitrogens is 5. The topological polar surface area (TPSA) is 77.1 Å². The zero-order chi connectivity index (χ0) is 18.3. The summed E-state index contributed by atoms with van der Waals surface area (Å²) >= 11 is 6.16. The first-order chi connectivity index (χ1) is 12.5. The number of carbonyl (C=O) groups excluding carboxylic acids is 1. The Hall–Kier alpha value is -3.19. The number of hydrogen-bond donors (Lipinski definition) is 1. The average Bonchev–Trinajstić information content (AvgIpc) is 3.09. The molecule has 0 radical (unpaired) electrons. The van der Waals surface area contributed by atoms with Crippen LogP contribution in [-0.2, 0) is 11.8 Å². The standard InChI is InChI=1S/C18H15ClN6O/c1-11-13-9-12(10-20-18(13)24(2)23-11)21-16(26)7-6-14-17(19)22-15-5-3-4-8-25(14)15/h3-10H,1-2H3,(H,21,26)/b7-6+. The van der Waals surface area contributed by atoms with Gasteiger partial charge in [0.1, 0.15) is 5.65 Å². The minimum Gasteiger partial charge on any atom is -0.321 e. The number of anilines is 1. The molecular weight excluding hydrogens is 352 g/mol. The molecule has 130 valence electrons. The maximum absolute atomic E-state index is 12.3. The molecule has 4 rings (SSSR count). The molecule has 0 saturated heterocycles. The molecule has 0 atom stereocenters. The van der Waals surface area contributed by atoms with Gasteiger partial charge in [-0.25, -0.2) is 9.97 Å². The number of pyridine rings is 2. The fourth-order valence-electron chi connectivity index (χ4n) is 2.85. The predicted molar refractivity (Wildman–Crippen MR) is 101 cm³/mol. The van der Waals surface area contributed by atoms with Crippen LogP contribution in [0.15, 0.2) is 42.7 Å². The molecule has 1 N–H and O–H groups in total. The van der Waals surface area contributed by atoms with Gasteiger partial charge in [-0.1, -0.05) is 17.7 Å². The Morgan fingerprint density at radius 2 is 2.19 bits per heavy atom. The van der Waals surface area contributed by atoms with E-state index in [-0.39, 0.29) is 5.91 Å². The Labute approximate surface area is 153 Å². The summed E-state index contributed by atoms with van der Waals surface area (Å²) < 4.78 is 3.53. The molecule has 0 saturated carbocycles. The summed E-state index contributed by atoms with van der Waals surface area (Å²) in [7, 11) is 1.84. The Bertz CT molecular complexity index is 1170. The first kappa shape index (κ1) is 16.3. The predicted octanol–water partition coefficient (Wildman–Crippen LogP) is 3.23. The zero-order valence-electron chi connectivity index (χ0n) is 14.1. The lowest BCUT2D eigenvalue weighted by Crippen LogP contribution is -2.08. The summed E-state index contributed by atoms with van der Waals surface area (Å²) in [5.74, 6) is -0.283. The Balaban J connectivity index is 1.57. The molecule has 1 amide bonds. The van der Waals surface area contributed by atoms with Crippen LogP contribution in [0.25, 0.3) is 22.8 Å². The van der Waals surface area contributed by atoms with E-state index in [0.717, 1.165) is 22.4 Å². The van der Waals surface area contributed by atoms with Crippen LogP contribution in [0.3, 0.4) is 0 Å². The van der Waals surface area contributed by atoms with E-state index in [1.807, 2.05) is 48.8 Å². The van der Waals surface area contributed by atoms with Gasteiger partial charge in [0.15, 0.2) is 10.8 Å². The molecule has 0 aromatic carbocycles. The average molecular weight is 367 g/mol. The van der Waals surface area contributed by atoms with Crippen molar-refractivity contribution in [2.45, 2.75) is 6.92 Å². The third-order valence-electron chi connectivity index (χ3n) is 4.05. The molecule has 4 heterocycles. The monoisotopic (exact) mass is 366 g/mol. The van der Waals surface area contributed by atoms with Crippen molar-refractivity contribution in [2.75, 3.05) is 5.32 Å². The van der Waals surface area contributed by atoms with E-state index < -0.39 is 0 Å². The van der Waals surface area contributed by atoms with Crippen LogP contribution in [0.1, 0.15) is 11.4 Å². The lowest BCUT2D eigenvalue weighted by Gasteiger charge is -2.02. The molecule has 26 heavy (non-hydrogen) atoms. The maximum atomic E-state index is 12.3. The normalized spacial score (nSPS) is 11.7. The molecule has 0 aliphatic heterocycles. The van der Waals surface area contributed by atoms with Crippen molar-refractivity contribution < 1.29 is 4.79 Å². The van der Waals surface area contributed by atoms with Crippen LogP contribution < -0.4 is 5.32 Å². The van der Waals surface area contributed by atoms with Gasteiger partial charge in [-0.2, -0.15) is 5.10 Å². The van der Waals surface area contributed by atoms with E-state index >= 15 is 0 Å². The molecule has 4 aromatic heterocycles. The van der Waals surface area contributed by atoms with Crippen LogP contribution in [0.2, 0.25) is 5.15 Å². The smallest absolute Gasteiger partial charge is 0.248 e. The summed E-state index contributed by atoms with van der Waals surface area (Å²) in [6.07, 6.45) is 6.51. The number of imidazole rings is 1. The van der Waals surface area contributed by atoms with E-state index in [2.05, 4.69) is 20.4 Å². The van der Waals surface area contributed by atoms with Crippen LogP contribution in [0.4, 0.5) is 5.69 Å². The number of rotatable bonds is 3. The van der Waals surface area contributed by atoms with Crippen LogP contribution >= 0.6 is 11.6 Å². The quantitative estimate of drug-likeness (QED) is 0.565. The molecule has 4 aromatic rings. The van der Waals surface area contributed by atoms with Crippen molar-refractivity contribution in [3.8, 4) is 0 Å². The van der Waals surface area contributed by atoms with Gasteiger partial charge >= 0.3 is 0 Å². The lowest BCUT2D eigenvalue weighted by molar-refractivity contribution is -0.111. The molecule has 0 aliphatic carbocycles. The van der Waals surface area contributed by atoms with Gasteiger partial charge in [-0.3, -0.25) is 13.9 Å². The minimum absolute atomic E-state index is 0.283. The fourth-order valence-corrected chi connectivity index (χ4v) is 3.09. The first-order valence-electron chi connectivity index (χ1n) is 7.94. The second kappa shape index (κ2) is 6.27. The number of hydrogen-bond acceptors (Lipinski definition) is 4. The highest BCUT2D eigenvalue weighted by molar-refractivity contribution is 6.31. The summed E-state index contributed by atoms with van der Waals surface area (Å²) in [5, 5.41) is 8.37. The van der Waals surface area contributed by atoms with Crippen molar-refractivity contribution in [1.82, 2.24) is 24.1 Å². The molecule has 8 heteroatoms. The largest absolute Gasteiger partial charge is 0.321 e. The third-order valence-corrected chi connectivity index (χ3v) is 4.32. The molecule has 0 bridgehead atoms. The molecule has 7 nitrogen and oxygen atoms in total. The number of nitrogens with zero attached hydrogens (tertiary/aromatic N) is 5. The van der Waals surface area contributed by atoms with Gasteiger partial charge < -0.3 is 5.32 Å². The highest BCUT2D eigenvalue weighted by Gasteiger charge is 2.09. The second-order valence-electron chi connectivity index (χ2n) is 5.84. The lowest BCUT2D eigenvalue weighted by atomic mass is 10.2. The van der Waals surface area contributed by atoms with Crippen molar-refractivity contribution in [3.63, 3.8) is 0 Å². The van der Waals surface area contributed by atoms with E-state index in [1.54, 1.807) is 17.0 Å². The molecule has 0 unspecified atom stereocenters. The zero-order valence-corrected chi connectivity index (χ0v) is 14.9. The Morgan fingerprint density at radius 3 is 3.04 bits per heavy atom. The van der Waals surface area contributed by atoms with Crippen LogP contribution in [0.5, 0.6) is 0 Å². The van der Waals surface area contributed by atoms with Gasteiger partial charge in [0.2, 0.25) is 5.91 Å². The van der Waals surface area contributed by atoms with Gasteiger partial charge in [0.25, 0.3) is 0 Å². The van der Waals surface area contributed by atoms with Crippen molar-refractivity contribution in [3.05, 3.63) is 59.3 Å². The molecule has 0 aliphatic rings. The van der Waals surface area contributed by atoms with E-state index in [4.69, 9.17) is 11.6 Å². The van der Waals surface area contributed by atoms with Crippen molar-refractivity contribution >= 4 is 46.0 Å². The first-order valence-corrected chi connectivity index (χ1v) is 8.32. The highest BCUT2D eigenvalue weighted by Crippen LogP contribution is 2.20. The van der Waals surface area contributed by atoms with E-state index in [9.17, 15) is 4.79 Å². The van der Waals surface area contributed by atoms with E-state index in [0.29, 0.717) is 16.5 Å². The Kier molecular flexibility index (Phi) is 3.93. The van der Waals surface area contributed by atoms with Gasteiger partial charge in [0, 0.05) is 24.7 Å². The van der Waals surface area contributed by atoms with Gasteiger partial charge in [-0.05, 0) is 31.2 Å². The summed E-state index contributed by atoms with van der Waals surface area (Å²) in [5.41, 5.74) is 3.61. The molecule has 0 fully saturated rings. The highest BCUT2D eigenvalue weighted by atomic mass is 35.5. The van der Waals surface area contributed by atoms with Crippen LogP contribution in [-0.4, -0.2) is 30.1 Å². The summed E-state index contributed by atoms with van der Waals surface area (Å²) in [6, 6.07) is 7.46. The van der Waals surface area contributed by atoms with Crippen molar-refractivity contribution in [2.24, 2.45) is 7.05 Å². The number of fused-ring (bicyclic) bond motifs is 2. The summed E-state index contributed by atoms with van der Waals surface area (Å²) in [6.45, 7) is 1.91.